The predicted molar refractivity (Wildman–Crippen MR) is 134 cm³/mol. The van der Waals surface area contributed by atoms with Gasteiger partial charge in [0, 0.05) is 45.0 Å². The van der Waals surface area contributed by atoms with E-state index >= 15 is 0 Å². The molecular formula is C28H33N3O2. The van der Waals surface area contributed by atoms with Crippen LogP contribution in [0.15, 0.2) is 66.7 Å². The van der Waals surface area contributed by atoms with Crippen molar-refractivity contribution in [3.8, 4) is 5.75 Å². The first kappa shape index (κ1) is 21.8. The lowest BCUT2D eigenvalue weighted by molar-refractivity contribution is -0.137. The first-order valence-electron chi connectivity index (χ1n) is 12.1. The zero-order valence-corrected chi connectivity index (χ0v) is 19.5. The van der Waals surface area contributed by atoms with Crippen LogP contribution in [0, 0.1) is 5.92 Å². The fourth-order valence-electron chi connectivity index (χ4n) is 5.31. The molecule has 5 nitrogen and oxygen atoms in total. The molecule has 0 bridgehead atoms. The van der Waals surface area contributed by atoms with Crippen LogP contribution in [0.2, 0.25) is 0 Å². The number of fused-ring (bicyclic) bond motifs is 1. The van der Waals surface area contributed by atoms with Crippen LogP contribution in [0.3, 0.4) is 0 Å². The quantitative estimate of drug-likeness (QED) is 0.585. The van der Waals surface area contributed by atoms with Gasteiger partial charge in [-0.1, -0.05) is 42.5 Å². The number of nitrogens with zero attached hydrogens (tertiary/aromatic N) is 3. The molecule has 3 aromatic rings. The number of ether oxygens (including phenoxy) is 1. The lowest BCUT2D eigenvalue weighted by Crippen LogP contribution is -2.52. The maximum atomic E-state index is 13.4. The highest BCUT2D eigenvalue weighted by Gasteiger charge is 2.31. The van der Waals surface area contributed by atoms with Crippen LogP contribution in [0.4, 0.5) is 5.69 Å². The molecule has 0 N–H and O–H groups in total. The van der Waals surface area contributed by atoms with E-state index in [1.165, 1.54) is 22.0 Å². The third kappa shape index (κ3) is 4.83. The number of methoxy groups -OCH3 is 1. The van der Waals surface area contributed by atoms with Crippen LogP contribution >= 0.6 is 0 Å². The van der Waals surface area contributed by atoms with Crippen LogP contribution in [0.1, 0.15) is 18.4 Å². The van der Waals surface area contributed by atoms with E-state index in [0.717, 1.165) is 64.4 Å². The maximum absolute atomic E-state index is 13.4. The van der Waals surface area contributed by atoms with Gasteiger partial charge in [0.05, 0.1) is 13.0 Å². The van der Waals surface area contributed by atoms with Gasteiger partial charge < -0.3 is 14.5 Å². The van der Waals surface area contributed by atoms with Gasteiger partial charge in [-0.3, -0.25) is 9.69 Å². The Morgan fingerprint density at radius 3 is 2.45 bits per heavy atom. The van der Waals surface area contributed by atoms with E-state index < -0.39 is 0 Å². The lowest BCUT2D eigenvalue weighted by Gasteiger charge is -2.39. The molecule has 2 saturated heterocycles. The van der Waals surface area contributed by atoms with Crippen LogP contribution in [-0.2, 0) is 11.3 Å². The van der Waals surface area contributed by atoms with Crippen molar-refractivity contribution >= 4 is 22.4 Å². The second kappa shape index (κ2) is 9.84. The molecule has 2 heterocycles. The summed E-state index contributed by atoms with van der Waals surface area (Å²) in [6.45, 7) is 6.19. The highest BCUT2D eigenvalue weighted by molar-refractivity contribution is 5.85. The highest BCUT2D eigenvalue weighted by atomic mass is 16.5. The summed E-state index contributed by atoms with van der Waals surface area (Å²) in [6.07, 6.45) is 2.09. The molecule has 33 heavy (non-hydrogen) atoms. The Morgan fingerprint density at radius 2 is 1.67 bits per heavy atom. The molecular weight excluding hydrogens is 410 g/mol. The fraction of sp³-hybridized carbons (Fsp3) is 0.393. The van der Waals surface area contributed by atoms with Crippen molar-refractivity contribution in [3.63, 3.8) is 0 Å². The largest absolute Gasteiger partial charge is 0.497 e. The van der Waals surface area contributed by atoms with Gasteiger partial charge in [0.1, 0.15) is 5.75 Å². The third-order valence-electron chi connectivity index (χ3n) is 7.16. The van der Waals surface area contributed by atoms with Crippen LogP contribution < -0.4 is 9.64 Å². The van der Waals surface area contributed by atoms with Crippen molar-refractivity contribution < 1.29 is 9.53 Å². The van der Waals surface area contributed by atoms with Crippen molar-refractivity contribution in [2.75, 3.05) is 51.3 Å². The molecule has 5 heteroatoms. The van der Waals surface area contributed by atoms with Gasteiger partial charge in [-0.2, -0.15) is 0 Å². The van der Waals surface area contributed by atoms with Gasteiger partial charge >= 0.3 is 0 Å². The highest BCUT2D eigenvalue weighted by Crippen LogP contribution is 2.26. The summed E-state index contributed by atoms with van der Waals surface area (Å²) >= 11 is 0. The predicted octanol–water partition coefficient (Wildman–Crippen LogP) is 4.41. The molecule has 1 amide bonds. The van der Waals surface area contributed by atoms with E-state index in [4.69, 9.17) is 4.74 Å². The van der Waals surface area contributed by atoms with Crippen molar-refractivity contribution in [1.82, 2.24) is 9.80 Å². The van der Waals surface area contributed by atoms with Crippen molar-refractivity contribution in [1.29, 1.82) is 0 Å². The average Bonchev–Trinajstić information content (AvgIpc) is 2.89. The first-order chi connectivity index (χ1) is 16.2. The first-order valence-corrected chi connectivity index (χ1v) is 12.1. The lowest BCUT2D eigenvalue weighted by atomic mass is 9.95. The Balaban J connectivity index is 1.18. The normalized spacial score (nSPS) is 19.6. The Labute approximate surface area is 196 Å². The minimum atomic E-state index is 0.112. The molecule has 1 unspecified atom stereocenters. The van der Waals surface area contributed by atoms with Crippen LogP contribution in [0.5, 0.6) is 5.75 Å². The average molecular weight is 444 g/mol. The Morgan fingerprint density at radius 1 is 0.909 bits per heavy atom. The van der Waals surface area contributed by atoms with Gasteiger partial charge in [-0.15, -0.1) is 0 Å². The second-order valence-corrected chi connectivity index (χ2v) is 9.22. The summed E-state index contributed by atoms with van der Waals surface area (Å²) in [5, 5.41) is 2.61. The molecule has 0 saturated carbocycles. The third-order valence-corrected chi connectivity index (χ3v) is 7.16. The number of amides is 1. The summed E-state index contributed by atoms with van der Waals surface area (Å²) < 4.78 is 5.26. The number of hydrogen-bond acceptors (Lipinski definition) is 4. The molecule has 0 radical (unpaired) electrons. The number of carbonyl (C=O) groups is 1. The number of benzene rings is 3. The van der Waals surface area contributed by atoms with E-state index in [1.54, 1.807) is 7.11 Å². The zero-order chi connectivity index (χ0) is 22.6. The number of likely N-dealkylation sites (tertiary alicyclic amines) is 1. The molecule has 5 rings (SSSR count). The summed E-state index contributed by atoms with van der Waals surface area (Å²) in [5.41, 5.74) is 2.55. The number of piperidine rings is 1. The second-order valence-electron chi connectivity index (χ2n) is 9.22. The van der Waals surface area contributed by atoms with Gasteiger partial charge in [-0.05, 0) is 60.0 Å². The Kier molecular flexibility index (Phi) is 6.49. The van der Waals surface area contributed by atoms with E-state index in [9.17, 15) is 4.79 Å². The zero-order valence-electron chi connectivity index (χ0n) is 19.5. The summed E-state index contributed by atoms with van der Waals surface area (Å²) in [5.74, 6) is 1.33. The molecule has 2 aliphatic heterocycles. The summed E-state index contributed by atoms with van der Waals surface area (Å²) in [6, 6.07) is 23.3. The molecule has 0 spiro atoms. The number of piperazine rings is 1. The molecule has 3 aromatic carbocycles. The molecule has 0 aromatic heterocycles. The molecule has 2 fully saturated rings. The minimum absolute atomic E-state index is 0.112. The van der Waals surface area contributed by atoms with E-state index in [0.29, 0.717) is 5.91 Å². The van der Waals surface area contributed by atoms with Gasteiger partial charge in [-0.25, -0.2) is 0 Å². The Hall–Kier alpha value is -3.05. The topological polar surface area (TPSA) is 36.0 Å². The minimum Gasteiger partial charge on any atom is -0.497 e. The van der Waals surface area contributed by atoms with Gasteiger partial charge in [0.15, 0.2) is 0 Å². The number of carbonyl (C=O) groups excluding carboxylic acids is 1. The van der Waals surface area contributed by atoms with E-state index in [2.05, 4.69) is 69.3 Å². The molecule has 0 aliphatic carbocycles. The molecule has 172 valence electrons. The van der Waals surface area contributed by atoms with Gasteiger partial charge in [0.25, 0.3) is 0 Å². The Bertz CT molecular complexity index is 1080. The number of hydrogen-bond donors (Lipinski definition) is 0. The molecule has 2 aliphatic rings. The van der Waals surface area contributed by atoms with Crippen molar-refractivity contribution in [2.24, 2.45) is 5.92 Å². The number of rotatable bonds is 5. The molecule has 1 atom stereocenters. The van der Waals surface area contributed by atoms with Crippen molar-refractivity contribution in [3.05, 3.63) is 72.3 Å². The van der Waals surface area contributed by atoms with E-state index in [-0.39, 0.29) is 5.92 Å². The standard InChI is InChI=1S/C28H33N3O2/c1-33-26-13-11-25(12-14-26)30-16-18-31(19-17-30)28(32)24-9-5-15-29(21-24)20-23-8-4-7-22-6-2-3-10-27(22)23/h2-4,6-8,10-14,24H,5,9,15-21H2,1H3. The van der Waals surface area contributed by atoms with Crippen LogP contribution in [-0.4, -0.2) is 62.1 Å². The summed E-state index contributed by atoms with van der Waals surface area (Å²) in [7, 11) is 1.69. The summed E-state index contributed by atoms with van der Waals surface area (Å²) in [4.78, 5) is 20.3. The SMILES string of the molecule is COc1ccc(N2CCN(C(=O)C3CCCN(Cc4cccc5ccccc45)C3)CC2)cc1. The monoisotopic (exact) mass is 443 g/mol. The van der Waals surface area contributed by atoms with Crippen LogP contribution in [0.25, 0.3) is 10.8 Å². The smallest absolute Gasteiger partial charge is 0.227 e. The van der Waals surface area contributed by atoms with Crippen molar-refractivity contribution in [2.45, 2.75) is 19.4 Å². The van der Waals surface area contributed by atoms with Gasteiger partial charge in [0.2, 0.25) is 5.91 Å². The number of anilines is 1. The maximum Gasteiger partial charge on any atom is 0.227 e. The van der Waals surface area contributed by atoms with E-state index in [1.807, 2.05) is 12.1 Å². The fourth-order valence-corrected chi connectivity index (χ4v) is 5.31.